The first-order chi connectivity index (χ1) is 11.7. The minimum atomic E-state index is -0.575. The van der Waals surface area contributed by atoms with Gasteiger partial charge in [-0.2, -0.15) is 0 Å². The monoisotopic (exact) mass is 346 g/mol. The van der Waals surface area contributed by atoms with Gasteiger partial charge in [0.15, 0.2) is 0 Å². The molecule has 25 heavy (non-hydrogen) atoms. The van der Waals surface area contributed by atoms with E-state index >= 15 is 0 Å². The quantitative estimate of drug-likeness (QED) is 0.634. The summed E-state index contributed by atoms with van der Waals surface area (Å²) in [6, 6.07) is 7.55. The first kappa shape index (κ1) is 19.7. The number of benzene rings is 1. The summed E-state index contributed by atoms with van der Waals surface area (Å²) in [5.41, 5.74) is 1.56. The van der Waals surface area contributed by atoms with Crippen molar-refractivity contribution in [2.75, 3.05) is 13.2 Å². The van der Waals surface area contributed by atoms with E-state index in [-0.39, 0.29) is 19.0 Å². The van der Waals surface area contributed by atoms with Crippen LogP contribution >= 0.6 is 0 Å². The molecule has 1 heterocycles. The fourth-order valence-corrected chi connectivity index (χ4v) is 2.51. The maximum Gasteiger partial charge on any atom is 0.492 e. The molecule has 0 bridgehead atoms. The molecule has 1 aromatic carbocycles. The number of ether oxygens (including phenoxy) is 1. The predicted octanol–water partition coefficient (Wildman–Crippen LogP) is 2.80. The van der Waals surface area contributed by atoms with E-state index in [9.17, 15) is 9.90 Å². The Morgan fingerprint density at radius 2 is 1.72 bits per heavy atom. The van der Waals surface area contributed by atoms with Crippen LogP contribution < -0.4 is 0 Å². The normalized spacial score (nSPS) is 19.1. The van der Waals surface area contributed by atoms with Gasteiger partial charge in [-0.3, -0.25) is 4.79 Å². The van der Waals surface area contributed by atoms with E-state index in [2.05, 4.69) is 0 Å². The zero-order chi connectivity index (χ0) is 18.7. The van der Waals surface area contributed by atoms with E-state index < -0.39 is 18.3 Å². The molecular formula is C19H27BO5. The predicted molar refractivity (Wildman–Crippen MR) is 97.9 cm³/mol. The van der Waals surface area contributed by atoms with Gasteiger partial charge in [-0.1, -0.05) is 30.3 Å². The molecule has 5 nitrogen and oxygen atoms in total. The molecule has 1 N–H and O–H groups in total. The van der Waals surface area contributed by atoms with Crippen molar-refractivity contribution in [1.82, 2.24) is 0 Å². The second kappa shape index (κ2) is 7.73. The summed E-state index contributed by atoms with van der Waals surface area (Å²) in [4.78, 5) is 11.5. The Balaban J connectivity index is 2.11. The molecule has 136 valence electrons. The standard InChI is InChI=1S/C19H27BO5/c1-6-23-17(22)12-15-9-7-14(8-10-15)11-16(13-21)20-24-18(2,3)19(4,5)25-20/h7-11,21H,6,12-13H2,1-5H3. The number of aliphatic hydroxyl groups excluding tert-OH is 1. The van der Waals surface area contributed by atoms with Gasteiger partial charge in [0.05, 0.1) is 30.8 Å². The van der Waals surface area contributed by atoms with Crippen molar-refractivity contribution in [2.45, 2.75) is 52.2 Å². The maximum atomic E-state index is 11.5. The van der Waals surface area contributed by atoms with E-state index in [1.54, 1.807) is 6.92 Å². The van der Waals surface area contributed by atoms with Crippen LogP contribution in [0.3, 0.4) is 0 Å². The Morgan fingerprint density at radius 3 is 2.20 bits per heavy atom. The third-order valence-corrected chi connectivity index (χ3v) is 4.72. The van der Waals surface area contributed by atoms with E-state index in [0.29, 0.717) is 12.1 Å². The molecule has 1 aliphatic rings. The van der Waals surface area contributed by atoms with Gasteiger partial charge in [0.2, 0.25) is 0 Å². The smallest absolute Gasteiger partial charge is 0.466 e. The van der Waals surface area contributed by atoms with Gasteiger partial charge < -0.3 is 19.2 Å². The first-order valence-electron chi connectivity index (χ1n) is 8.60. The molecule has 1 aliphatic heterocycles. The lowest BCUT2D eigenvalue weighted by Gasteiger charge is -2.32. The Labute approximate surface area is 150 Å². The Morgan fingerprint density at radius 1 is 1.16 bits per heavy atom. The highest BCUT2D eigenvalue weighted by molar-refractivity contribution is 6.55. The summed E-state index contributed by atoms with van der Waals surface area (Å²) in [6.07, 6.45) is 2.11. The number of carbonyl (C=O) groups is 1. The van der Waals surface area contributed by atoms with Gasteiger partial charge in [0.25, 0.3) is 0 Å². The van der Waals surface area contributed by atoms with Crippen molar-refractivity contribution in [3.8, 4) is 0 Å². The van der Waals surface area contributed by atoms with Crippen molar-refractivity contribution in [1.29, 1.82) is 0 Å². The minimum Gasteiger partial charge on any atom is -0.466 e. The molecular weight excluding hydrogens is 319 g/mol. The van der Waals surface area contributed by atoms with E-state index in [4.69, 9.17) is 14.0 Å². The second-order valence-corrected chi connectivity index (χ2v) is 7.19. The van der Waals surface area contributed by atoms with Gasteiger partial charge in [-0.25, -0.2) is 0 Å². The number of aliphatic hydroxyl groups is 1. The topological polar surface area (TPSA) is 65.0 Å². The number of carbonyl (C=O) groups excluding carboxylic acids is 1. The summed E-state index contributed by atoms with van der Waals surface area (Å²) in [6.45, 7) is 9.93. The van der Waals surface area contributed by atoms with Crippen LogP contribution in [-0.4, -0.2) is 42.6 Å². The molecule has 0 atom stereocenters. The largest absolute Gasteiger partial charge is 0.492 e. The third kappa shape index (κ3) is 4.72. The summed E-state index contributed by atoms with van der Waals surface area (Å²) in [5.74, 6) is -0.237. The van der Waals surface area contributed by atoms with Crippen LogP contribution in [0.2, 0.25) is 0 Å². The highest BCUT2D eigenvalue weighted by Gasteiger charge is 2.52. The molecule has 0 spiro atoms. The average Bonchev–Trinajstić information content (AvgIpc) is 2.74. The lowest BCUT2D eigenvalue weighted by molar-refractivity contribution is -0.142. The molecule has 0 amide bonds. The van der Waals surface area contributed by atoms with Crippen LogP contribution in [0, 0.1) is 0 Å². The Kier molecular flexibility index (Phi) is 6.09. The summed E-state index contributed by atoms with van der Waals surface area (Å²) in [7, 11) is -0.575. The van der Waals surface area contributed by atoms with Gasteiger partial charge in [0, 0.05) is 0 Å². The Hall–Kier alpha value is -1.63. The average molecular weight is 346 g/mol. The van der Waals surface area contributed by atoms with Crippen LogP contribution in [0.5, 0.6) is 0 Å². The molecule has 6 heteroatoms. The van der Waals surface area contributed by atoms with Gasteiger partial charge >= 0.3 is 13.1 Å². The van der Waals surface area contributed by atoms with Crippen LogP contribution in [-0.2, 0) is 25.3 Å². The first-order valence-corrected chi connectivity index (χ1v) is 8.60. The molecule has 1 saturated heterocycles. The van der Waals surface area contributed by atoms with Crippen LogP contribution in [0.1, 0.15) is 45.7 Å². The van der Waals surface area contributed by atoms with Crippen molar-refractivity contribution >= 4 is 19.2 Å². The van der Waals surface area contributed by atoms with Crippen LogP contribution in [0.4, 0.5) is 0 Å². The maximum absolute atomic E-state index is 11.5. The molecule has 1 aromatic rings. The molecule has 0 saturated carbocycles. The molecule has 0 radical (unpaired) electrons. The SMILES string of the molecule is CCOC(=O)Cc1ccc(C=C(CO)B2OC(C)(C)C(C)(C)O2)cc1. The molecule has 0 unspecified atom stereocenters. The minimum absolute atomic E-state index is 0.151. The van der Waals surface area contributed by atoms with E-state index in [1.165, 1.54) is 0 Å². The van der Waals surface area contributed by atoms with Crippen molar-refractivity contribution in [2.24, 2.45) is 0 Å². The van der Waals surface area contributed by atoms with Crippen LogP contribution in [0.25, 0.3) is 6.08 Å². The number of hydrogen-bond donors (Lipinski definition) is 1. The summed E-state index contributed by atoms with van der Waals surface area (Å²) >= 11 is 0. The second-order valence-electron chi connectivity index (χ2n) is 7.19. The Bertz CT molecular complexity index is 618. The van der Waals surface area contributed by atoms with Crippen LogP contribution in [0.15, 0.2) is 29.7 Å². The van der Waals surface area contributed by atoms with E-state index in [1.807, 2.05) is 58.0 Å². The summed E-state index contributed by atoms with van der Waals surface area (Å²) < 4.78 is 16.9. The number of esters is 1. The zero-order valence-corrected chi connectivity index (χ0v) is 15.7. The molecule has 0 aromatic heterocycles. The number of hydrogen-bond acceptors (Lipinski definition) is 5. The zero-order valence-electron chi connectivity index (χ0n) is 15.7. The lowest BCUT2D eigenvalue weighted by atomic mass is 9.77. The fourth-order valence-electron chi connectivity index (χ4n) is 2.51. The van der Waals surface area contributed by atoms with Crippen molar-refractivity contribution in [3.05, 3.63) is 40.9 Å². The lowest BCUT2D eigenvalue weighted by Crippen LogP contribution is -2.41. The summed E-state index contributed by atoms with van der Waals surface area (Å²) in [5, 5.41) is 9.73. The third-order valence-electron chi connectivity index (χ3n) is 4.72. The van der Waals surface area contributed by atoms with Crippen molar-refractivity contribution in [3.63, 3.8) is 0 Å². The van der Waals surface area contributed by atoms with Gasteiger partial charge in [0.1, 0.15) is 0 Å². The molecule has 1 fully saturated rings. The fraction of sp³-hybridized carbons (Fsp3) is 0.526. The highest BCUT2D eigenvalue weighted by atomic mass is 16.7. The van der Waals surface area contributed by atoms with E-state index in [0.717, 1.165) is 11.1 Å². The molecule has 2 rings (SSSR count). The van der Waals surface area contributed by atoms with Crippen molar-refractivity contribution < 1.29 is 23.9 Å². The highest BCUT2D eigenvalue weighted by Crippen LogP contribution is 2.38. The van der Waals surface area contributed by atoms with Gasteiger partial charge in [-0.15, -0.1) is 0 Å². The van der Waals surface area contributed by atoms with Gasteiger partial charge in [-0.05, 0) is 51.2 Å². The molecule has 0 aliphatic carbocycles. The number of rotatable bonds is 6.